The molecule has 0 aliphatic heterocycles. The number of hydrogen-bond donors (Lipinski definition) is 2. The Balaban J connectivity index is 2.61. The largest absolute Gasteiger partial charge is 0.458 e. The number of alkyl carbamates (subject to hydrolysis) is 1. The SMILES string of the molecule is CC(C)(C)OC(=O)NC(CCS(=O)CCC1(CO)CCC1)C(=O)OC(C)(C)C. The van der Waals surface area contributed by atoms with E-state index in [0.29, 0.717) is 12.2 Å². The zero-order chi connectivity index (χ0) is 21.6. The first-order valence-corrected chi connectivity index (χ1v) is 11.4. The lowest BCUT2D eigenvalue weighted by Gasteiger charge is -2.40. The molecule has 0 bridgehead atoms. The monoisotopic (exact) mass is 419 g/mol. The smallest absolute Gasteiger partial charge is 0.408 e. The van der Waals surface area contributed by atoms with Gasteiger partial charge in [-0.15, -0.1) is 0 Å². The lowest BCUT2D eigenvalue weighted by Crippen LogP contribution is -2.46. The first-order chi connectivity index (χ1) is 12.8. The van der Waals surface area contributed by atoms with Gasteiger partial charge in [-0.1, -0.05) is 6.42 Å². The lowest BCUT2D eigenvalue weighted by molar-refractivity contribution is -0.157. The average molecular weight is 420 g/mol. The molecule has 0 aromatic rings. The van der Waals surface area contributed by atoms with Crippen molar-refractivity contribution < 1.29 is 28.4 Å². The predicted molar refractivity (Wildman–Crippen MR) is 109 cm³/mol. The number of nitrogens with one attached hydrogen (secondary N) is 1. The number of esters is 1. The molecule has 0 saturated heterocycles. The van der Waals surface area contributed by atoms with Crippen molar-refractivity contribution in [2.75, 3.05) is 18.1 Å². The van der Waals surface area contributed by atoms with Crippen LogP contribution in [0.2, 0.25) is 0 Å². The van der Waals surface area contributed by atoms with Crippen molar-refractivity contribution in [2.45, 2.75) is 90.9 Å². The molecule has 1 amide bonds. The molecule has 1 fully saturated rings. The summed E-state index contributed by atoms with van der Waals surface area (Å²) in [5.41, 5.74) is -1.45. The second-order valence-corrected chi connectivity index (χ2v) is 11.3. The molecular formula is C20H37NO6S. The Morgan fingerprint density at radius 3 is 2.07 bits per heavy atom. The molecule has 1 aliphatic rings. The Labute approximate surface area is 171 Å². The Kier molecular flexibility index (Phi) is 8.93. The van der Waals surface area contributed by atoms with Crippen LogP contribution in [-0.4, -0.2) is 56.7 Å². The van der Waals surface area contributed by atoms with Crippen molar-refractivity contribution in [1.82, 2.24) is 5.32 Å². The number of amides is 1. The van der Waals surface area contributed by atoms with Gasteiger partial charge in [-0.3, -0.25) is 4.21 Å². The maximum atomic E-state index is 12.5. The zero-order valence-corrected chi connectivity index (χ0v) is 18.9. The minimum absolute atomic E-state index is 0.0744. The fraction of sp³-hybridized carbons (Fsp3) is 0.900. The molecule has 2 atom stereocenters. The summed E-state index contributed by atoms with van der Waals surface area (Å²) >= 11 is 0. The summed E-state index contributed by atoms with van der Waals surface area (Å²) < 4.78 is 23.0. The summed E-state index contributed by atoms with van der Waals surface area (Å²) in [6.45, 7) is 10.6. The summed E-state index contributed by atoms with van der Waals surface area (Å²) in [5, 5.41) is 12.1. The van der Waals surface area contributed by atoms with Gasteiger partial charge in [0.25, 0.3) is 0 Å². The van der Waals surface area contributed by atoms with Crippen molar-refractivity contribution in [3.8, 4) is 0 Å². The molecule has 1 aliphatic carbocycles. The molecule has 2 N–H and O–H groups in total. The van der Waals surface area contributed by atoms with Gasteiger partial charge in [0.1, 0.15) is 17.2 Å². The molecule has 2 unspecified atom stereocenters. The van der Waals surface area contributed by atoms with Crippen molar-refractivity contribution >= 4 is 22.9 Å². The van der Waals surface area contributed by atoms with Gasteiger partial charge in [0, 0.05) is 28.9 Å². The van der Waals surface area contributed by atoms with Crippen LogP contribution in [0.1, 0.15) is 73.6 Å². The number of rotatable bonds is 9. The Morgan fingerprint density at radius 2 is 1.64 bits per heavy atom. The molecule has 0 aromatic heterocycles. The molecule has 0 spiro atoms. The summed E-state index contributed by atoms with van der Waals surface area (Å²) in [5.74, 6) is 0.177. The molecule has 0 radical (unpaired) electrons. The third-order valence-electron chi connectivity index (χ3n) is 4.63. The highest BCUT2D eigenvalue weighted by Crippen LogP contribution is 2.43. The number of hydrogen-bond acceptors (Lipinski definition) is 6. The van der Waals surface area contributed by atoms with E-state index in [1.54, 1.807) is 41.5 Å². The van der Waals surface area contributed by atoms with E-state index in [4.69, 9.17) is 9.47 Å². The van der Waals surface area contributed by atoms with Gasteiger partial charge in [-0.05, 0) is 72.6 Å². The van der Waals surface area contributed by atoms with Gasteiger partial charge in [-0.2, -0.15) is 0 Å². The normalized spacial score (nSPS) is 18.5. The second kappa shape index (κ2) is 10.1. The third kappa shape index (κ3) is 9.37. The van der Waals surface area contributed by atoms with Gasteiger partial charge in [-0.25, -0.2) is 9.59 Å². The Hall–Kier alpha value is -1.15. The van der Waals surface area contributed by atoms with E-state index >= 15 is 0 Å². The van der Waals surface area contributed by atoms with Crippen LogP contribution >= 0.6 is 0 Å². The zero-order valence-electron chi connectivity index (χ0n) is 18.1. The number of aliphatic hydroxyl groups is 1. The van der Waals surface area contributed by atoms with Crippen LogP contribution in [0.25, 0.3) is 0 Å². The fourth-order valence-corrected chi connectivity index (χ4v) is 4.28. The van der Waals surface area contributed by atoms with Gasteiger partial charge < -0.3 is 19.9 Å². The van der Waals surface area contributed by atoms with Crippen molar-refractivity contribution in [3.63, 3.8) is 0 Å². The summed E-state index contributed by atoms with van der Waals surface area (Å²) in [6, 6.07) is -0.923. The lowest BCUT2D eigenvalue weighted by atomic mass is 9.68. The first kappa shape index (κ1) is 24.9. The molecule has 0 aromatic carbocycles. The number of carbonyl (C=O) groups excluding carboxylic acids is 2. The van der Waals surface area contributed by atoms with E-state index < -0.39 is 40.1 Å². The van der Waals surface area contributed by atoms with E-state index in [0.717, 1.165) is 19.3 Å². The molecule has 7 nitrogen and oxygen atoms in total. The number of ether oxygens (including phenoxy) is 2. The van der Waals surface area contributed by atoms with Crippen LogP contribution in [0.15, 0.2) is 0 Å². The fourth-order valence-electron chi connectivity index (χ4n) is 2.92. The quantitative estimate of drug-likeness (QED) is 0.557. The minimum atomic E-state index is -1.14. The van der Waals surface area contributed by atoms with Gasteiger partial charge in [0.15, 0.2) is 0 Å². The van der Waals surface area contributed by atoms with Crippen LogP contribution in [0, 0.1) is 5.41 Å². The van der Waals surface area contributed by atoms with Gasteiger partial charge in [0.2, 0.25) is 0 Å². The maximum Gasteiger partial charge on any atom is 0.408 e. The molecular weight excluding hydrogens is 382 g/mol. The molecule has 8 heteroatoms. The number of aliphatic hydroxyl groups excluding tert-OH is 1. The molecule has 1 saturated carbocycles. The van der Waals surface area contributed by atoms with Crippen LogP contribution in [0.5, 0.6) is 0 Å². The third-order valence-corrected chi connectivity index (χ3v) is 5.98. The highest BCUT2D eigenvalue weighted by molar-refractivity contribution is 7.84. The summed E-state index contributed by atoms with van der Waals surface area (Å²) in [4.78, 5) is 24.5. The highest BCUT2D eigenvalue weighted by atomic mass is 32.2. The molecule has 28 heavy (non-hydrogen) atoms. The predicted octanol–water partition coefficient (Wildman–Crippen LogP) is 2.91. The van der Waals surface area contributed by atoms with Crippen LogP contribution in [-0.2, 0) is 25.1 Å². The van der Waals surface area contributed by atoms with Crippen molar-refractivity contribution in [3.05, 3.63) is 0 Å². The molecule has 164 valence electrons. The molecule has 0 heterocycles. The maximum absolute atomic E-state index is 12.5. The second-order valence-electron chi connectivity index (χ2n) is 9.63. The topological polar surface area (TPSA) is 102 Å². The van der Waals surface area contributed by atoms with E-state index in [9.17, 15) is 18.9 Å². The summed E-state index contributed by atoms with van der Waals surface area (Å²) in [6.07, 6.45) is 3.26. The summed E-state index contributed by atoms with van der Waals surface area (Å²) in [7, 11) is -1.14. The van der Waals surface area contributed by atoms with Crippen molar-refractivity contribution in [2.24, 2.45) is 5.41 Å². The van der Waals surface area contributed by atoms with Gasteiger partial charge in [0.05, 0.1) is 0 Å². The van der Waals surface area contributed by atoms with Gasteiger partial charge >= 0.3 is 12.1 Å². The number of carbonyl (C=O) groups is 2. The highest BCUT2D eigenvalue weighted by Gasteiger charge is 2.36. The minimum Gasteiger partial charge on any atom is -0.458 e. The average Bonchev–Trinajstić information content (AvgIpc) is 2.47. The Bertz CT molecular complexity index is 555. The van der Waals surface area contributed by atoms with E-state index in [-0.39, 0.29) is 24.2 Å². The molecule has 1 rings (SSSR count). The van der Waals surface area contributed by atoms with E-state index in [1.807, 2.05) is 0 Å². The van der Waals surface area contributed by atoms with Crippen LogP contribution < -0.4 is 5.32 Å². The van der Waals surface area contributed by atoms with E-state index in [1.165, 1.54) is 0 Å². The standard InChI is InChI=1S/C20H37NO6S/c1-18(2,3)26-16(23)15(21-17(24)27-19(4,5)6)8-12-28(25)13-11-20(14-22)9-7-10-20/h15,22H,7-14H2,1-6H3,(H,21,24). The first-order valence-electron chi connectivity index (χ1n) is 9.93. The van der Waals surface area contributed by atoms with E-state index in [2.05, 4.69) is 5.32 Å². The van der Waals surface area contributed by atoms with Crippen molar-refractivity contribution in [1.29, 1.82) is 0 Å². The Morgan fingerprint density at radius 1 is 1.07 bits per heavy atom. The van der Waals surface area contributed by atoms with Crippen LogP contribution in [0.3, 0.4) is 0 Å². The van der Waals surface area contributed by atoms with Crippen LogP contribution in [0.4, 0.5) is 4.79 Å².